The van der Waals surface area contributed by atoms with E-state index < -0.39 is 0 Å². The molecule has 7 nitrogen and oxygen atoms in total. The molecule has 0 saturated carbocycles. The van der Waals surface area contributed by atoms with E-state index in [-0.39, 0.29) is 5.91 Å². The van der Waals surface area contributed by atoms with E-state index in [9.17, 15) is 9.59 Å². The lowest BCUT2D eigenvalue weighted by Crippen LogP contribution is -2.48. The van der Waals surface area contributed by atoms with Crippen LogP contribution in [-0.2, 0) is 4.79 Å². The number of rotatable bonds is 4. The monoisotopic (exact) mass is 359 g/mol. The maximum absolute atomic E-state index is 12.5. The number of pyridine rings is 1. The quantitative estimate of drug-likeness (QED) is 0.862. The zero-order chi connectivity index (χ0) is 18.5. The topological polar surface area (TPSA) is 68.8 Å². The van der Waals surface area contributed by atoms with Crippen molar-refractivity contribution in [3.05, 3.63) is 23.9 Å². The summed E-state index contributed by atoms with van der Waals surface area (Å²) in [4.78, 5) is 35.5. The molecular weight excluding hydrogens is 330 g/mol. The number of aromatic nitrogens is 1. The average molecular weight is 359 g/mol. The summed E-state index contributed by atoms with van der Waals surface area (Å²) < 4.78 is 0. The molecule has 0 radical (unpaired) electrons. The fraction of sp³-hybridized carbons (Fsp3) is 0.632. The number of nitrogens with zero attached hydrogens (tertiary/aromatic N) is 4. The Hall–Kier alpha value is -2.15. The third kappa shape index (κ3) is 4.33. The molecule has 26 heavy (non-hydrogen) atoms. The van der Waals surface area contributed by atoms with Gasteiger partial charge in [-0.2, -0.15) is 0 Å². The molecule has 1 aromatic rings. The van der Waals surface area contributed by atoms with Crippen molar-refractivity contribution in [1.82, 2.24) is 20.1 Å². The first-order valence-corrected chi connectivity index (χ1v) is 9.47. The Kier molecular flexibility index (Phi) is 6.08. The standard InChI is InChI=1S/C19H29N5O2/c1-20-19(26)16-4-3-7-21-18(16)24-8-5-15(6-9-24)14-17(25)23-12-10-22(2)11-13-23/h3-4,7,15H,5-6,8-14H2,1-2H3,(H,20,26). The molecule has 3 heterocycles. The highest BCUT2D eigenvalue weighted by molar-refractivity contribution is 5.98. The fourth-order valence-corrected chi connectivity index (χ4v) is 3.74. The Balaban J connectivity index is 1.53. The van der Waals surface area contributed by atoms with Gasteiger partial charge in [-0.15, -0.1) is 0 Å². The van der Waals surface area contributed by atoms with Crippen molar-refractivity contribution in [1.29, 1.82) is 0 Å². The molecule has 2 amide bonds. The molecule has 0 unspecified atom stereocenters. The summed E-state index contributed by atoms with van der Waals surface area (Å²) in [5.74, 6) is 1.35. The molecule has 142 valence electrons. The Morgan fingerprint density at radius 1 is 1.15 bits per heavy atom. The van der Waals surface area contributed by atoms with Crippen molar-refractivity contribution >= 4 is 17.6 Å². The van der Waals surface area contributed by atoms with Gasteiger partial charge in [0, 0.05) is 58.9 Å². The van der Waals surface area contributed by atoms with Crippen molar-refractivity contribution in [3.8, 4) is 0 Å². The van der Waals surface area contributed by atoms with Gasteiger partial charge in [0.15, 0.2) is 0 Å². The average Bonchev–Trinajstić information content (AvgIpc) is 2.68. The normalized spacial score (nSPS) is 19.5. The van der Waals surface area contributed by atoms with Crippen LogP contribution < -0.4 is 10.2 Å². The van der Waals surface area contributed by atoms with Crippen LogP contribution in [0.5, 0.6) is 0 Å². The molecule has 0 spiro atoms. The molecule has 1 N–H and O–H groups in total. The summed E-state index contributed by atoms with van der Waals surface area (Å²) >= 11 is 0. The number of nitrogens with one attached hydrogen (secondary N) is 1. The smallest absolute Gasteiger partial charge is 0.254 e. The Bertz CT molecular complexity index is 635. The molecule has 2 fully saturated rings. The van der Waals surface area contributed by atoms with Gasteiger partial charge in [0.05, 0.1) is 5.56 Å². The van der Waals surface area contributed by atoms with Crippen LogP contribution >= 0.6 is 0 Å². The van der Waals surface area contributed by atoms with E-state index in [0.717, 1.165) is 57.9 Å². The summed E-state index contributed by atoms with van der Waals surface area (Å²) in [7, 11) is 3.73. The van der Waals surface area contributed by atoms with Gasteiger partial charge in [-0.3, -0.25) is 9.59 Å². The summed E-state index contributed by atoms with van der Waals surface area (Å²) in [5, 5.41) is 2.68. The lowest BCUT2D eigenvalue weighted by Gasteiger charge is -2.36. The van der Waals surface area contributed by atoms with Crippen LogP contribution in [0.2, 0.25) is 0 Å². The van der Waals surface area contributed by atoms with Gasteiger partial charge < -0.3 is 20.0 Å². The number of piperazine rings is 1. The van der Waals surface area contributed by atoms with Gasteiger partial charge in [0.2, 0.25) is 5.91 Å². The van der Waals surface area contributed by atoms with E-state index in [1.165, 1.54) is 0 Å². The van der Waals surface area contributed by atoms with Crippen LogP contribution in [0.15, 0.2) is 18.3 Å². The molecule has 0 atom stereocenters. The summed E-state index contributed by atoms with van der Waals surface area (Å²) in [6.45, 7) is 5.29. The van der Waals surface area contributed by atoms with E-state index in [1.807, 2.05) is 11.0 Å². The second-order valence-electron chi connectivity index (χ2n) is 7.27. The minimum Gasteiger partial charge on any atom is -0.356 e. The first kappa shape index (κ1) is 18.6. The van der Waals surface area contributed by atoms with Crippen LogP contribution in [0.4, 0.5) is 5.82 Å². The molecule has 2 aliphatic heterocycles. The van der Waals surface area contributed by atoms with Crippen molar-refractivity contribution in [3.63, 3.8) is 0 Å². The molecule has 3 rings (SSSR count). The highest BCUT2D eigenvalue weighted by Crippen LogP contribution is 2.26. The highest BCUT2D eigenvalue weighted by atomic mass is 16.2. The van der Waals surface area contributed by atoms with Gasteiger partial charge in [-0.1, -0.05) is 0 Å². The maximum atomic E-state index is 12.5. The van der Waals surface area contributed by atoms with Crippen LogP contribution in [0, 0.1) is 5.92 Å². The van der Waals surface area contributed by atoms with Crippen molar-refractivity contribution < 1.29 is 9.59 Å². The van der Waals surface area contributed by atoms with Gasteiger partial charge in [-0.05, 0) is 37.9 Å². The predicted molar refractivity (Wildman–Crippen MR) is 101 cm³/mol. The summed E-state index contributed by atoms with van der Waals surface area (Å²) in [6, 6.07) is 3.60. The van der Waals surface area contributed by atoms with Crippen molar-refractivity contribution in [2.24, 2.45) is 5.92 Å². The van der Waals surface area contributed by atoms with Crippen LogP contribution in [-0.4, -0.2) is 80.0 Å². The first-order valence-electron chi connectivity index (χ1n) is 9.47. The van der Waals surface area contributed by atoms with E-state index in [4.69, 9.17) is 0 Å². The summed E-state index contributed by atoms with van der Waals surface area (Å²) in [5.41, 5.74) is 0.613. The lowest BCUT2D eigenvalue weighted by atomic mass is 9.92. The minimum absolute atomic E-state index is 0.111. The zero-order valence-corrected chi connectivity index (χ0v) is 15.8. The molecule has 2 aliphatic rings. The van der Waals surface area contributed by atoms with Crippen LogP contribution in [0.25, 0.3) is 0 Å². The van der Waals surface area contributed by atoms with Crippen LogP contribution in [0.3, 0.4) is 0 Å². The second kappa shape index (κ2) is 8.49. The second-order valence-corrected chi connectivity index (χ2v) is 7.27. The Morgan fingerprint density at radius 2 is 1.85 bits per heavy atom. The number of piperidine rings is 1. The number of carbonyl (C=O) groups is 2. The molecule has 0 aliphatic carbocycles. The molecule has 0 bridgehead atoms. The molecule has 0 aromatic carbocycles. The SMILES string of the molecule is CNC(=O)c1cccnc1N1CCC(CC(=O)N2CCN(C)CC2)CC1. The largest absolute Gasteiger partial charge is 0.356 e. The molecule has 7 heteroatoms. The van der Waals surface area contributed by atoms with Gasteiger partial charge in [0.25, 0.3) is 5.91 Å². The molecule has 1 aromatic heterocycles. The van der Waals surface area contributed by atoms with Gasteiger partial charge >= 0.3 is 0 Å². The lowest BCUT2D eigenvalue weighted by molar-refractivity contribution is -0.133. The van der Waals surface area contributed by atoms with E-state index in [0.29, 0.717) is 23.8 Å². The fourth-order valence-electron chi connectivity index (χ4n) is 3.74. The van der Waals surface area contributed by atoms with E-state index >= 15 is 0 Å². The van der Waals surface area contributed by atoms with Gasteiger partial charge in [-0.25, -0.2) is 4.98 Å². The minimum atomic E-state index is -0.111. The predicted octanol–water partition coefficient (Wildman–Crippen LogP) is 0.822. The highest BCUT2D eigenvalue weighted by Gasteiger charge is 2.27. The van der Waals surface area contributed by atoms with Gasteiger partial charge in [0.1, 0.15) is 5.82 Å². The number of carbonyl (C=O) groups excluding carboxylic acids is 2. The van der Waals surface area contributed by atoms with Crippen LogP contribution in [0.1, 0.15) is 29.6 Å². The Labute approximate surface area is 155 Å². The number of amides is 2. The van der Waals surface area contributed by atoms with E-state index in [1.54, 1.807) is 19.3 Å². The number of hydrogen-bond acceptors (Lipinski definition) is 5. The van der Waals surface area contributed by atoms with Crippen molar-refractivity contribution in [2.75, 3.05) is 58.3 Å². The maximum Gasteiger partial charge on any atom is 0.254 e. The molecular formula is C19H29N5O2. The Morgan fingerprint density at radius 3 is 2.50 bits per heavy atom. The molecule has 2 saturated heterocycles. The third-order valence-electron chi connectivity index (χ3n) is 5.49. The number of hydrogen-bond donors (Lipinski definition) is 1. The summed E-state index contributed by atoms with van der Waals surface area (Å²) in [6.07, 6.45) is 4.29. The van der Waals surface area contributed by atoms with E-state index in [2.05, 4.69) is 27.1 Å². The third-order valence-corrected chi connectivity index (χ3v) is 5.49. The number of likely N-dealkylation sites (N-methyl/N-ethyl adjacent to an activating group) is 1. The van der Waals surface area contributed by atoms with Crippen molar-refractivity contribution in [2.45, 2.75) is 19.3 Å². The number of anilines is 1. The first-order chi connectivity index (χ1) is 12.6. The zero-order valence-electron chi connectivity index (χ0n) is 15.8.